The number of benzene rings is 1. The lowest BCUT2D eigenvalue weighted by molar-refractivity contribution is 0.629. The monoisotopic (exact) mass is 175 g/mol. The Kier molecular flexibility index (Phi) is 4.62. The molecule has 0 heterocycles. The van der Waals surface area contributed by atoms with Crippen LogP contribution in [0.5, 0.6) is 0 Å². The van der Waals surface area contributed by atoms with E-state index in [1.165, 1.54) is 12.1 Å². The first-order valence-corrected chi connectivity index (χ1v) is 3.78. The van der Waals surface area contributed by atoms with Crippen molar-refractivity contribution in [2.75, 3.05) is 5.73 Å². The topological polar surface area (TPSA) is 26.0 Å². The second-order valence-electron chi connectivity index (χ2n) is 1.67. The third kappa shape index (κ3) is 3.23. The minimum Gasteiger partial charge on any atom is -0.399 e. The highest BCUT2D eigenvalue weighted by molar-refractivity contribution is 6.30. The van der Waals surface area contributed by atoms with Gasteiger partial charge in [-0.2, -0.15) is 0 Å². The number of rotatable bonds is 0. The van der Waals surface area contributed by atoms with Gasteiger partial charge in [-0.25, -0.2) is 4.39 Å². The molecule has 0 aliphatic carbocycles. The zero-order valence-corrected chi connectivity index (χ0v) is 7.32. The van der Waals surface area contributed by atoms with Crippen molar-refractivity contribution in [3.8, 4) is 0 Å². The van der Waals surface area contributed by atoms with Gasteiger partial charge in [0.1, 0.15) is 5.82 Å². The second kappa shape index (κ2) is 4.97. The largest absolute Gasteiger partial charge is 0.399 e. The van der Waals surface area contributed by atoms with Gasteiger partial charge in [0.05, 0.1) is 5.02 Å². The molecule has 0 unspecified atom stereocenters. The Morgan fingerprint density at radius 3 is 2.27 bits per heavy atom. The summed E-state index contributed by atoms with van der Waals surface area (Å²) in [5.41, 5.74) is 5.61. The molecule has 0 aliphatic rings. The van der Waals surface area contributed by atoms with Gasteiger partial charge in [0, 0.05) is 5.69 Å². The summed E-state index contributed by atoms with van der Waals surface area (Å²) in [6.07, 6.45) is 0. The highest BCUT2D eigenvalue weighted by Crippen LogP contribution is 2.15. The van der Waals surface area contributed by atoms with Crippen molar-refractivity contribution in [3.05, 3.63) is 29.0 Å². The molecule has 62 valence electrons. The molecule has 2 N–H and O–H groups in total. The quantitative estimate of drug-likeness (QED) is 0.603. The van der Waals surface area contributed by atoms with Crippen molar-refractivity contribution in [2.45, 2.75) is 13.8 Å². The van der Waals surface area contributed by atoms with Crippen LogP contribution in [0, 0.1) is 5.82 Å². The van der Waals surface area contributed by atoms with Crippen LogP contribution in [-0.2, 0) is 0 Å². The van der Waals surface area contributed by atoms with E-state index in [4.69, 9.17) is 17.3 Å². The van der Waals surface area contributed by atoms with Crippen LogP contribution in [0.3, 0.4) is 0 Å². The summed E-state index contributed by atoms with van der Waals surface area (Å²) in [5, 5.41) is 0.101. The fourth-order valence-electron chi connectivity index (χ4n) is 0.512. The second-order valence-corrected chi connectivity index (χ2v) is 2.08. The number of anilines is 1. The lowest BCUT2D eigenvalue weighted by atomic mass is 10.3. The minimum atomic E-state index is -0.475. The molecule has 0 saturated carbocycles. The van der Waals surface area contributed by atoms with Crippen LogP contribution >= 0.6 is 11.6 Å². The highest BCUT2D eigenvalue weighted by atomic mass is 35.5. The Morgan fingerprint density at radius 2 is 1.91 bits per heavy atom. The van der Waals surface area contributed by atoms with Gasteiger partial charge in [-0.05, 0) is 18.2 Å². The van der Waals surface area contributed by atoms with E-state index in [0.717, 1.165) is 0 Å². The molecule has 3 heteroatoms. The van der Waals surface area contributed by atoms with Crippen molar-refractivity contribution in [3.63, 3.8) is 0 Å². The molecule has 0 aromatic heterocycles. The molecule has 11 heavy (non-hydrogen) atoms. The van der Waals surface area contributed by atoms with E-state index >= 15 is 0 Å². The van der Waals surface area contributed by atoms with Gasteiger partial charge in [-0.1, -0.05) is 25.4 Å². The van der Waals surface area contributed by atoms with Crippen molar-refractivity contribution in [1.29, 1.82) is 0 Å². The molecule has 0 radical (unpaired) electrons. The van der Waals surface area contributed by atoms with Gasteiger partial charge in [0.25, 0.3) is 0 Å². The van der Waals surface area contributed by atoms with E-state index in [1.807, 2.05) is 13.8 Å². The Bertz CT molecular complexity index is 225. The lowest BCUT2D eigenvalue weighted by Crippen LogP contribution is -1.85. The molecule has 0 aliphatic heterocycles. The highest BCUT2D eigenvalue weighted by Gasteiger charge is 1.96. The average Bonchev–Trinajstić information content (AvgIpc) is 2.02. The number of nitrogen functional groups attached to an aromatic ring is 1. The Balaban J connectivity index is 0.000000461. The third-order valence-electron chi connectivity index (χ3n) is 0.944. The van der Waals surface area contributed by atoms with E-state index in [0.29, 0.717) is 5.69 Å². The van der Waals surface area contributed by atoms with Crippen LogP contribution < -0.4 is 5.73 Å². The van der Waals surface area contributed by atoms with E-state index in [1.54, 1.807) is 6.07 Å². The van der Waals surface area contributed by atoms with E-state index in [-0.39, 0.29) is 5.02 Å². The van der Waals surface area contributed by atoms with Gasteiger partial charge < -0.3 is 5.73 Å². The number of hydrogen-bond donors (Lipinski definition) is 1. The van der Waals surface area contributed by atoms with Crippen LogP contribution in [0.4, 0.5) is 10.1 Å². The van der Waals surface area contributed by atoms with E-state index in [9.17, 15) is 4.39 Å². The van der Waals surface area contributed by atoms with Crippen LogP contribution in [0.2, 0.25) is 5.02 Å². The molecule has 1 rings (SSSR count). The predicted molar refractivity (Wildman–Crippen MR) is 47.2 cm³/mol. The molecule has 0 saturated heterocycles. The van der Waals surface area contributed by atoms with E-state index in [2.05, 4.69) is 0 Å². The van der Waals surface area contributed by atoms with Crippen LogP contribution in [0.1, 0.15) is 13.8 Å². The summed E-state index contributed by atoms with van der Waals surface area (Å²) in [7, 11) is 0. The first-order valence-electron chi connectivity index (χ1n) is 3.40. The molecule has 1 nitrogen and oxygen atoms in total. The zero-order chi connectivity index (χ0) is 8.85. The van der Waals surface area contributed by atoms with Gasteiger partial charge in [-0.15, -0.1) is 0 Å². The summed E-state index contributed by atoms with van der Waals surface area (Å²) < 4.78 is 12.4. The number of hydrogen-bond acceptors (Lipinski definition) is 1. The van der Waals surface area contributed by atoms with E-state index < -0.39 is 5.82 Å². The standard InChI is InChI=1S/C6H5ClFN.C2H6/c7-5-2-1-4(9)3-6(5)8;1-2/h1-3H,9H2;1-2H3. The van der Waals surface area contributed by atoms with Crippen LogP contribution in [-0.4, -0.2) is 0 Å². The number of halogens is 2. The zero-order valence-electron chi connectivity index (χ0n) is 6.57. The molecule has 0 amide bonds. The maximum Gasteiger partial charge on any atom is 0.143 e. The van der Waals surface area contributed by atoms with Crippen molar-refractivity contribution >= 4 is 17.3 Å². The fraction of sp³-hybridized carbons (Fsp3) is 0.250. The fourth-order valence-corrected chi connectivity index (χ4v) is 0.630. The summed E-state index contributed by atoms with van der Waals surface area (Å²) >= 11 is 5.35. The lowest BCUT2D eigenvalue weighted by Gasteiger charge is -1.93. The molecule has 1 aromatic carbocycles. The van der Waals surface area contributed by atoms with Gasteiger partial charge in [-0.3, -0.25) is 0 Å². The minimum absolute atomic E-state index is 0.101. The SMILES string of the molecule is CC.Nc1ccc(Cl)c(F)c1. The van der Waals surface area contributed by atoms with Crippen molar-refractivity contribution in [1.82, 2.24) is 0 Å². The Morgan fingerprint density at radius 1 is 1.36 bits per heavy atom. The smallest absolute Gasteiger partial charge is 0.143 e. The van der Waals surface area contributed by atoms with Crippen LogP contribution in [0.15, 0.2) is 18.2 Å². The molecular weight excluding hydrogens is 165 g/mol. The normalized spacial score (nSPS) is 8.36. The van der Waals surface area contributed by atoms with Gasteiger partial charge in [0.2, 0.25) is 0 Å². The summed E-state index contributed by atoms with van der Waals surface area (Å²) in [6.45, 7) is 4.00. The van der Waals surface area contributed by atoms with Crippen molar-refractivity contribution < 1.29 is 4.39 Å². The van der Waals surface area contributed by atoms with Gasteiger partial charge >= 0.3 is 0 Å². The Labute approximate surface area is 71.0 Å². The van der Waals surface area contributed by atoms with Gasteiger partial charge in [0.15, 0.2) is 0 Å². The average molecular weight is 176 g/mol. The first-order chi connectivity index (χ1) is 5.20. The molecule has 0 spiro atoms. The summed E-state index contributed by atoms with van der Waals surface area (Å²) in [6, 6.07) is 4.15. The van der Waals surface area contributed by atoms with Crippen molar-refractivity contribution in [2.24, 2.45) is 0 Å². The molecule has 0 bridgehead atoms. The predicted octanol–water partition coefficient (Wildman–Crippen LogP) is 3.09. The number of nitrogens with two attached hydrogens (primary N) is 1. The molecule has 0 fully saturated rings. The third-order valence-corrected chi connectivity index (χ3v) is 1.25. The molecule has 1 aromatic rings. The Hall–Kier alpha value is -0.760. The maximum absolute atomic E-state index is 12.4. The molecular formula is C8H11ClFN. The molecule has 0 atom stereocenters. The summed E-state index contributed by atoms with van der Waals surface area (Å²) in [4.78, 5) is 0. The maximum atomic E-state index is 12.4. The summed E-state index contributed by atoms with van der Waals surface area (Å²) in [5.74, 6) is -0.475. The first kappa shape index (κ1) is 10.2. The van der Waals surface area contributed by atoms with Crippen LogP contribution in [0.25, 0.3) is 0 Å².